The van der Waals surface area contributed by atoms with E-state index in [9.17, 15) is 14.7 Å². The lowest BCUT2D eigenvalue weighted by Crippen LogP contribution is -2.64. The van der Waals surface area contributed by atoms with Crippen molar-refractivity contribution in [3.63, 3.8) is 0 Å². The molecule has 0 aliphatic carbocycles. The number of amides is 3. The highest BCUT2D eigenvalue weighted by Crippen LogP contribution is 2.25. The molecule has 10 heteroatoms. The van der Waals surface area contributed by atoms with Crippen LogP contribution in [0.5, 0.6) is 5.75 Å². The first-order chi connectivity index (χ1) is 14.3. The summed E-state index contributed by atoms with van der Waals surface area (Å²) in [5, 5.41) is 17.5. The van der Waals surface area contributed by atoms with Crippen LogP contribution in [0.2, 0.25) is 0 Å². The Hall–Kier alpha value is -3.40. The van der Waals surface area contributed by atoms with Crippen molar-refractivity contribution in [2.24, 2.45) is 4.99 Å². The molecule has 30 heavy (non-hydrogen) atoms. The van der Waals surface area contributed by atoms with Gasteiger partial charge in [0.15, 0.2) is 12.2 Å². The fourth-order valence-corrected chi connectivity index (χ4v) is 3.70. The highest BCUT2D eigenvalue weighted by atomic mass is 16.5. The highest BCUT2D eigenvalue weighted by molar-refractivity contribution is 6.04. The molecule has 1 aromatic carbocycles. The number of ether oxygens (including phenoxy) is 1. The number of fused-ring (bicyclic) bond motifs is 1. The topological polar surface area (TPSA) is 112 Å². The van der Waals surface area contributed by atoms with Crippen molar-refractivity contribution in [1.29, 1.82) is 0 Å². The molecule has 0 bridgehead atoms. The molecule has 3 heterocycles. The minimum Gasteiger partial charge on any atom is -0.491 e. The molecule has 1 aromatic heterocycles. The van der Waals surface area contributed by atoms with Gasteiger partial charge in [-0.2, -0.15) is 5.10 Å². The van der Waals surface area contributed by atoms with Crippen LogP contribution in [0, 0.1) is 13.8 Å². The van der Waals surface area contributed by atoms with E-state index in [2.05, 4.69) is 15.4 Å². The van der Waals surface area contributed by atoms with Gasteiger partial charge in [0.2, 0.25) is 5.96 Å². The summed E-state index contributed by atoms with van der Waals surface area (Å²) in [6.07, 6.45) is -1.60. The third kappa shape index (κ3) is 3.61. The Morgan fingerprint density at radius 1 is 1.23 bits per heavy atom. The predicted octanol–water partition coefficient (Wildman–Crippen LogP) is 0.336. The number of aliphatic hydroxyl groups excluding tert-OH is 1. The smallest absolute Gasteiger partial charge is 0.325 e. The van der Waals surface area contributed by atoms with Gasteiger partial charge in [0.05, 0.1) is 12.2 Å². The number of nitrogens with zero attached hydrogens (tertiary/aromatic N) is 5. The summed E-state index contributed by atoms with van der Waals surface area (Å²) in [5.41, 5.74) is 1.63. The lowest BCUT2D eigenvalue weighted by Gasteiger charge is -2.36. The first-order valence-electron chi connectivity index (χ1n) is 9.67. The maximum atomic E-state index is 12.7. The fourth-order valence-electron chi connectivity index (χ4n) is 3.70. The van der Waals surface area contributed by atoms with E-state index < -0.39 is 30.2 Å². The Bertz CT molecular complexity index is 988. The van der Waals surface area contributed by atoms with Gasteiger partial charge in [-0.25, -0.2) is 14.5 Å². The van der Waals surface area contributed by atoms with Crippen LogP contribution in [0.15, 0.2) is 41.4 Å². The van der Waals surface area contributed by atoms with Crippen LogP contribution in [0.25, 0.3) is 0 Å². The number of β-amino-alcohol motifs (C(OH)–C–C–N with tert-alkyl or cyclic N) is 1. The van der Waals surface area contributed by atoms with E-state index in [1.807, 2.05) is 38.1 Å². The standard InChI is InChI=1S/C20H24N6O4/c1-12-9-13(2)26(23-12)19-21-17-16(18(28)22-20(29)24(17)3)25(19)10-14(27)11-30-15-7-5-4-6-8-15/h4-9,14,16-17,27H,10-11H2,1-3H3,(H,22,28,29). The molecule has 2 aliphatic rings. The largest absolute Gasteiger partial charge is 0.491 e. The zero-order valence-corrected chi connectivity index (χ0v) is 17.0. The van der Waals surface area contributed by atoms with Gasteiger partial charge in [0, 0.05) is 12.7 Å². The van der Waals surface area contributed by atoms with Crippen LogP contribution in [-0.4, -0.2) is 81.1 Å². The second kappa shape index (κ2) is 7.79. The van der Waals surface area contributed by atoms with Gasteiger partial charge in [-0.15, -0.1) is 0 Å². The van der Waals surface area contributed by atoms with E-state index in [1.165, 1.54) is 4.90 Å². The Labute approximate surface area is 173 Å². The number of carbonyl (C=O) groups excluding carboxylic acids is 2. The monoisotopic (exact) mass is 412 g/mol. The number of imide groups is 1. The fraction of sp³-hybridized carbons (Fsp3) is 0.400. The third-order valence-electron chi connectivity index (χ3n) is 5.13. The first kappa shape index (κ1) is 19.9. The third-order valence-corrected chi connectivity index (χ3v) is 5.13. The molecular formula is C20H24N6O4. The molecule has 158 valence electrons. The summed E-state index contributed by atoms with van der Waals surface area (Å²) in [6, 6.07) is 9.80. The molecule has 1 saturated heterocycles. The van der Waals surface area contributed by atoms with Crippen molar-refractivity contribution in [3.05, 3.63) is 47.8 Å². The second-order valence-electron chi connectivity index (χ2n) is 7.46. The number of aliphatic hydroxyl groups is 1. The lowest BCUT2D eigenvalue weighted by molar-refractivity contribution is -0.127. The quantitative estimate of drug-likeness (QED) is 0.732. The summed E-state index contributed by atoms with van der Waals surface area (Å²) >= 11 is 0. The van der Waals surface area contributed by atoms with Crippen LogP contribution in [0.1, 0.15) is 11.4 Å². The number of nitrogens with one attached hydrogen (secondary N) is 1. The number of aromatic nitrogens is 2. The van der Waals surface area contributed by atoms with E-state index in [0.29, 0.717) is 11.7 Å². The van der Waals surface area contributed by atoms with Crippen LogP contribution < -0.4 is 10.1 Å². The zero-order chi connectivity index (χ0) is 21.4. The average Bonchev–Trinajstić information content (AvgIpc) is 3.25. The van der Waals surface area contributed by atoms with Crippen molar-refractivity contribution < 1.29 is 19.4 Å². The zero-order valence-electron chi connectivity index (χ0n) is 17.0. The SMILES string of the molecule is Cc1cc(C)n(C2=NC3C(C(=O)NC(=O)N3C)N2CC(O)COc2ccccc2)n1. The molecule has 3 atom stereocenters. The normalized spacial score (nSPS) is 21.9. The number of hydrogen-bond donors (Lipinski definition) is 2. The maximum Gasteiger partial charge on any atom is 0.325 e. The predicted molar refractivity (Wildman–Crippen MR) is 108 cm³/mol. The van der Waals surface area contributed by atoms with Gasteiger partial charge in [-0.1, -0.05) is 18.2 Å². The molecular weight excluding hydrogens is 388 g/mol. The van der Waals surface area contributed by atoms with Gasteiger partial charge in [-0.3, -0.25) is 10.1 Å². The van der Waals surface area contributed by atoms with Gasteiger partial charge >= 0.3 is 6.03 Å². The van der Waals surface area contributed by atoms with Crippen LogP contribution in [0.4, 0.5) is 4.79 Å². The number of hydrogen-bond acceptors (Lipinski definition) is 7. The molecule has 0 spiro atoms. The molecule has 2 N–H and O–H groups in total. The number of benzene rings is 1. The van der Waals surface area contributed by atoms with Gasteiger partial charge in [-0.05, 0) is 32.0 Å². The van der Waals surface area contributed by atoms with Gasteiger partial charge < -0.3 is 19.6 Å². The van der Waals surface area contributed by atoms with Crippen LogP contribution in [0.3, 0.4) is 0 Å². The summed E-state index contributed by atoms with van der Waals surface area (Å²) in [5.74, 6) is 0.592. The van der Waals surface area contributed by atoms with E-state index in [1.54, 1.807) is 28.8 Å². The molecule has 2 aromatic rings. The van der Waals surface area contributed by atoms with Crippen molar-refractivity contribution in [1.82, 2.24) is 24.9 Å². The molecule has 0 radical (unpaired) electrons. The summed E-state index contributed by atoms with van der Waals surface area (Å²) in [7, 11) is 1.58. The van der Waals surface area contributed by atoms with Crippen molar-refractivity contribution in [2.75, 3.05) is 20.2 Å². The minimum atomic E-state index is -0.901. The van der Waals surface area contributed by atoms with Crippen molar-refractivity contribution in [3.8, 4) is 5.75 Å². The summed E-state index contributed by atoms with van der Waals surface area (Å²) in [4.78, 5) is 32.4. The highest BCUT2D eigenvalue weighted by Gasteiger charge is 2.49. The maximum absolute atomic E-state index is 12.7. The number of para-hydroxylation sites is 1. The van der Waals surface area contributed by atoms with Crippen LogP contribution >= 0.6 is 0 Å². The lowest BCUT2D eigenvalue weighted by atomic mass is 10.1. The number of carbonyl (C=O) groups is 2. The Balaban J connectivity index is 1.59. The van der Waals surface area contributed by atoms with Crippen molar-refractivity contribution >= 4 is 17.9 Å². The Morgan fingerprint density at radius 3 is 2.63 bits per heavy atom. The van der Waals surface area contributed by atoms with Crippen molar-refractivity contribution in [2.45, 2.75) is 32.2 Å². The molecule has 2 aliphatic heterocycles. The average molecular weight is 412 g/mol. The number of aliphatic imine (C=N–C) groups is 1. The van der Waals surface area contributed by atoms with Gasteiger partial charge in [0.1, 0.15) is 18.5 Å². The molecule has 10 nitrogen and oxygen atoms in total. The van der Waals surface area contributed by atoms with E-state index in [-0.39, 0.29) is 13.2 Å². The Morgan fingerprint density at radius 2 is 1.97 bits per heavy atom. The number of urea groups is 1. The first-order valence-corrected chi connectivity index (χ1v) is 9.67. The van der Waals surface area contributed by atoms with Crippen LogP contribution in [-0.2, 0) is 4.79 Å². The number of likely N-dealkylation sites (N-methyl/N-ethyl adjacent to an activating group) is 1. The number of rotatable bonds is 5. The number of aryl methyl sites for hydroxylation is 2. The molecule has 0 saturated carbocycles. The minimum absolute atomic E-state index is 0.0404. The van der Waals surface area contributed by atoms with E-state index in [4.69, 9.17) is 4.74 Å². The molecule has 3 unspecified atom stereocenters. The summed E-state index contributed by atoms with van der Waals surface area (Å²) in [6.45, 7) is 3.87. The van der Waals surface area contributed by atoms with E-state index >= 15 is 0 Å². The molecule has 1 fully saturated rings. The molecule has 4 rings (SSSR count). The summed E-state index contributed by atoms with van der Waals surface area (Å²) < 4.78 is 7.27. The second-order valence-corrected chi connectivity index (χ2v) is 7.46. The van der Waals surface area contributed by atoms with E-state index in [0.717, 1.165) is 11.4 Å². The Kier molecular flexibility index (Phi) is 5.17. The van der Waals surface area contributed by atoms with Gasteiger partial charge in [0.25, 0.3) is 5.91 Å². The molecule has 3 amide bonds.